The minimum atomic E-state index is -3.00. The smallest absolute Gasteiger partial charge is 0.205 e. The van der Waals surface area contributed by atoms with Crippen LogP contribution < -0.4 is 10.4 Å². The minimum Gasteiger partial charge on any atom is -0.299 e. The lowest BCUT2D eigenvalue weighted by Gasteiger charge is -2.42. The molecule has 3 aromatic carbocycles. The van der Waals surface area contributed by atoms with E-state index in [4.69, 9.17) is 0 Å². The SMILES string of the molecule is CC(C)(C)[Si](C(=O)c1ccccc1F)(c1ccccc1)c1ccccc1. The Hall–Kier alpha value is -2.52. The predicted octanol–water partition coefficient (Wildman–Crippen LogP) is 4.61. The Morgan fingerprint density at radius 1 is 0.731 bits per heavy atom. The quantitative estimate of drug-likeness (QED) is 0.620. The van der Waals surface area contributed by atoms with E-state index in [9.17, 15) is 9.18 Å². The van der Waals surface area contributed by atoms with Crippen molar-refractivity contribution in [3.05, 3.63) is 96.3 Å². The van der Waals surface area contributed by atoms with E-state index in [2.05, 4.69) is 20.8 Å². The summed E-state index contributed by atoms with van der Waals surface area (Å²) in [5.41, 5.74) is 0.182. The first kappa shape index (κ1) is 18.3. The molecule has 3 aromatic rings. The van der Waals surface area contributed by atoms with Gasteiger partial charge in [0, 0.05) is 5.56 Å². The zero-order chi connectivity index (χ0) is 18.8. The molecule has 0 spiro atoms. The van der Waals surface area contributed by atoms with Gasteiger partial charge >= 0.3 is 0 Å². The normalized spacial score (nSPS) is 12.0. The molecule has 0 aliphatic carbocycles. The fourth-order valence-corrected chi connectivity index (χ4v) is 9.12. The third kappa shape index (κ3) is 2.93. The van der Waals surface area contributed by atoms with Gasteiger partial charge in [-0.25, -0.2) is 4.39 Å². The Labute approximate surface area is 155 Å². The van der Waals surface area contributed by atoms with Crippen molar-refractivity contribution in [2.75, 3.05) is 0 Å². The molecule has 0 amide bonds. The maximum atomic E-state index is 14.6. The second kappa shape index (κ2) is 7.00. The topological polar surface area (TPSA) is 17.1 Å². The van der Waals surface area contributed by atoms with Crippen LogP contribution in [0.4, 0.5) is 4.39 Å². The van der Waals surface area contributed by atoms with Gasteiger partial charge < -0.3 is 0 Å². The van der Waals surface area contributed by atoms with Crippen LogP contribution in [-0.2, 0) is 0 Å². The molecular weight excluding hydrogens is 339 g/mol. The van der Waals surface area contributed by atoms with Gasteiger partial charge in [-0.1, -0.05) is 93.6 Å². The lowest BCUT2D eigenvalue weighted by molar-refractivity contribution is 0.106. The highest BCUT2D eigenvalue weighted by atomic mass is 28.3. The van der Waals surface area contributed by atoms with Gasteiger partial charge in [-0.15, -0.1) is 0 Å². The van der Waals surface area contributed by atoms with E-state index >= 15 is 0 Å². The first-order valence-corrected chi connectivity index (χ1v) is 10.8. The second-order valence-electron chi connectivity index (χ2n) is 7.54. The molecule has 3 rings (SSSR count). The average molecular weight is 363 g/mol. The monoisotopic (exact) mass is 362 g/mol. The van der Waals surface area contributed by atoms with Crippen molar-refractivity contribution in [3.63, 3.8) is 0 Å². The van der Waals surface area contributed by atoms with E-state index in [1.54, 1.807) is 18.2 Å². The van der Waals surface area contributed by atoms with Crippen molar-refractivity contribution in [2.24, 2.45) is 0 Å². The Balaban J connectivity index is 2.39. The van der Waals surface area contributed by atoms with Gasteiger partial charge in [0.05, 0.1) is 0 Å². The maximum Gasteiger partial charge on any atom is 0.205 e. The Morgan fingerprint density at radius 2 is 1.15 bits per heavy atom. The van der Waals surface area contributed by atoms with E-state index in [-0.39, 0.29) is 16.0 Å². The van der Waals surface area contributed by atoms with E-state index < -0.39 is 13.9 Å². The van der Waals surface area contributed by atoms with Crippen LogP contribution in [-0.4, -0.2) is 13.5 Å². The Bertz CT molecular complexity index is 859. The highest BCUT2D eigenvalue weighted by Gasteiger charge is 2.54. The summed E-state index contributed by atoms with van der Waals surface area (Å²) >= 11 is 0. The standard InChI is InChI=1S/C23H23FOSi/c1-23(2,3)26(18-12-6-4-7-13-18,19-14-8-5-9-15-19)22(25)20-16-10-11-17-21(20)24/h4-17H,1-3H3. The van der Waals surface area contributed by atoms with Crippen molar-refractivity contribution in [3.8, 4) is 0 Å². The number of rotatable bonds is 4. The Morgan fingerprint density at radius 3 is 1.58 bits per heavy atom. The lowest BCUT2D eigenvalue weighted by atomic mass is 10.2. The minimum absolute atomic E-state index is 0.0829. The number of benzene rings is 3. The van der Waals surface area contributed by atoms with Crippen molar-refractivity contribution >= 4 is 23.9 Å². The second-order valence-corrected chi connectivity index (χ2v) is 12.1. The summed E-state index contributed by atoms with van der Waals surface area (Å²) in [4.78, 5) is 14.0. The summed E-state index contributed by atoms with van der Waals surface area (Å²) in [6, 6.07) is 26.1. The van der Waals surface area contributed by atoms with Crippen LogP contribution in [0.15, 0.2) is 84.9 Å². The van der Waals surface area contributed by atoms with Crippen molar-refractivity contribution in [1.82, 2.24) is 0 Å². The summed E-state index contributed by atoms with van der Waals surface area (Å²) < 4.78 is 14.6. The third-order valence-corrected chi connectivity index (χ3v) is 10.6. The number of carbonyl (C=O) groups is 1. The van der Waals surface area contributed by atoms with Gasteiger partial charge in [0.25, 0.3) is 0 Å². The zero-order valence-corrected chi connectivity index (χ0v) is 16.4. The highest BCUT2D eigenvalue weighted by Crippen LogP contribution is 2.38. The molecule has 3 heteroatoms. The van der Waals surface area contributed by atoms with Crippen LogP contribution in [0.25, 0.3) is 0 Å². The summed E-state index contributed by atoms with van der Waals surface area (Å²) in [6.07, 6.45) is 0. The first-order valence-electron chi connectivity index (χ1n) is 8.79. The molecule has 0 aromatic heterocycles. The van der Waals surface area contributed by atoms with Gasteiger partial charge in [0.2, 0.25) is 8.07 Å². The molecule has 0 aliphatic heterocycles. The first-order chi connectivity index (χ1) is 12.4. The predicted molar refractivity (Wildman–Crippen MR) is 108 cm³/mol. The van der Waals surface area contributed by atoms with Crippen LogP contribution in [0.1, 0.15) is 31.1 Å². The van der Waals surface area contributed by atoms with Gasteiger partial charge in [0.15, 0.2) is 5.41 Å². The maximum absolute atomic E-state index is 14.6. The summed E-state index contributed by atoms with van der Waals surface area (Å²) in [7, 11) is -3.00. The van der Waals surface area contributed by atoms with Crippen molar-refractivity contribution < 1.29 is 9.18 Å². The van der Waals surface area contributed by atoms with Crippen molar-refractivity contribution in [1.29, 1.82) is 0 Å². The summed E-state index contributed by atoms with van der Waals surface area (Å²) in [5, 5.41) is 1.59. The van der Waals surface area contributed by atoms with Crippen LogP contribution in [0.3, 0.4) is 0 Å². The third-order valence-electron chi connectivity index (χ3n) is 5.00. The molecule has 1 nitrogen and oxygen atoms in total. The fourth-order valence-electron chi connectivity index (χ4n) is 3.86. The van der Waals surface area contributed by atoms with Gasteiger partial charge in [-0.2, -0.15) is 0 Å². The molecule has 132 valence electrons. The molecule has 0 bridgehead atoms. The summed E-state index contributed by atoms with van der Waals surface area (Å²) in [5.74, 6) is -0.453. The molecular formula is C23H23FOSi. The largest absolute Gasteiger partial charge is 0.299 e. The number of halogens is 1. The average Bonchev–Trinajstić information content (AvgIpc) is 2.63. The number of hydrogen-bond donors (Lipinski definition) is 0. The molecule has 0 atom stereocenters. The molecule has 0 N–H and O–H groups in total. The van der Waals surface area contributed by atoms with E-state index in [0.717, 1.165) is 10.4 Å². The van der Waals surface area contributed by atoms with Crippen molar-refractivity contribution in [2.45, 2.75) is 25.8 Å². The van der Waals surface area contributed by atoms with Crippen LogP contribution >= 0.6 is 0 Å². The number of hydrogen-bond acceptors (Lipinski definition) is 1. The van der Waals surface area contributed by atoms with Gasteiger partial charge in [-0.3, -0.25) is 4.79 Å². The molecule has 0 radical (unpaired) electrons. The van der Waals surface area contributed by atoms with Crippen LogP contribution in [0.2, 0.25) is 5.04 Å². The van der Waals surface area contributed by atoms with Crippen LogP contribution in [0, 0.1) is 5.82 Å². The summed E-state index contributed by atoms with van der Waals surface area (Å²) in [6.45, 7) is 6.29. The van der Waals surface area contributed by atoms with Crippen LogP contribution in [0.5, 0.6) is 0 Å². The Kier molecular flexibility index (Phi) is 4.92. The lowest BCUT2D eigenvalue weighted by Crippen LogP contribution is -2.70. The van der Waals surface area contributed by atoms with Gasteiger partial charge in [-0.05, 0) is 27.5 Å². The van der Waals surface area contributed by atoms with E-state index in [0.29, 0.717) is 0 Å². The fraction of sp³-hybridized carbons (Fsp3) is 0.174. The molecule has 0 fully saturated rings. The van der Waals surface area contributed by atoms with Gasteiger partial charge in [0.1, 0.15) is 5.82 Å². The molecule has 0 saturated heterocycles. The van der Waals surface area contributed by atoms with E-state index in [1.807, 2.05) is 60.7 Å². The molecule has 0 aliphatic rings. The van der Waals surface area contributed by atoms with E-state index in [1.165, 1.54) is 6.07 Å². The highest BCUT2D eigenvalue weighted by molar-refractivity contribution is 7.25. The molecule has 0 unspecified atom stereocenters. The number of carbonyl (C=O) groups excluding carboxylic acids is 1. The molecule has 26 heavy (non-hydrogen) atoms. The zero-order valence-electron chi connectivity index (χ0n) is 15.4. The molecule has 0 saturated carbocycles. The molecule has 0 heterocycles.